The second-order valence-corrected chi connectivity index (χ2v) is 6.75. The van der Waals surface area contributed by atoms with Crippen LogP contribution in [0.3, 0.4) is 0 Å². The van der Waals surface area contributed by atoms with Crippen molar-refractivity contribution >= 4 is 11.6 Å². The molecule has 31 heavy (non-hydrogen) atoms. The fourth-order valence-corrected chi connectivity index (χ4v) is 3.03. The zero-order valence-corrected chi connectivity index (χ0v) is 15.8. The Morgan fingerprint density at radius 2 is 1.32 bits per heavy atom. The van der Waals surface area contributed by atoms with Crippen molar-refractivity contribution in [1.82, 2.24) is 0 Å². The van der Waals surface area contributed by atoms with Gasteiger partial charge in [0, 0.05) is 16.8 Å². The van der Waals surface area contributed by atoms with E-state index in [1.54, 1.807) is 0 Å². The molecule has 0 heterocycles. The monoisotopic (exact) mass is 441 g/mol. The van der Waals surface area contributed by atoms with Gasteiger partial charge in [0.2, 0.25) is 0 Å². The summed E-state index contributed by atoms with van der Waals surface area (Å²) in [5.74, 6) is -7.31. The van der Waals surface area contributed by atoms with Crippen LogP contribution < -0.4 is 5.32 Å². The van der Waals surface area contributed by atoms with Crippen LogP contribution in [0.2, 0.25) is 0 Å². The summed E-state index contributed by atoms with van der Waals surface area (Å²) in [5, 5.41) is 2.17. The minimum atomic E-state index is -4.98. The highest BCUT2D eigenvalue weighted by atomic mass is 19.4. The predicted molar refractivity (Wildman–Crippen MR) is 99.9 cm³/mol. The molecule has 1 amide bonds. The summed E-state index contributed by atoms with van der Waals surface area (Å²) in [6.45, 7) is 1.43. The quantitative estimate of drug-likeness (QED) is 0.450. The SMILES string of the molecule is Cc1cc(F)c(C(=O)Nc2ccc(C(F)(F)c3ccccc3C(F)(F)F)cc2)c(F)c1. The molecule has 0 bridgehead atoms. The lowest BCUT2D eigenvalue weighted by atomic mass is 9.95. The maximum absolute atomic E-state index is 14.8. The van der Waals surface area contributed by atoms with Gasteiger partial charge < -0.3 is 5.32 Å². The number of rotatable bonds is 4. The van der Waals surface area contributed by atoms with Crippen LogP contribution in [0.4, 0.5) is 36.4 Å². The molecule has 0 fully saturated rings. The number of halogens is 7. The number of amides is 1. The Hall–Kier alpha value is -3.36. The molecule has 0 unspecified atom stereocenters. The van der Waals surface area contributed by atoms with Crippen LogP contribution in [-0.2, 0) is 12.1 Å². The summed E-state index contributed by atoms with van der Waals surface area (Å²) < 4.78 is 96.8. The molecule has 2 nitrogen and oxygen atoms in total. The highest BCUT2D eigenvalue weighted by Gasteiger charge is 2.43. The van der Waals surface area contributed by atoms with Crippen LogP contribution >= 0.6 is 0 Å². The number of alkyl halides is 5. The molecule has 0 aliphatic heterocycles. The Morgan fingerprint density at radius 1 is 0.806 bits per heavy atom. The van der Waals surface area contributed by atoms with Gasteiger partial charge in [0.1, 0.15) is 17.2 Å². The lowest BCUT2D eigenvalue weighted by Crippen LogP contribution is -2.21. The van der Waals surface area contributed by atoms with Gasteiger partial charge in [-0.2, -0.15) is 22.0 Å². The molecule has 9 heteroatoms. The van der Waals surface area contributed by atoms with E-state index in [0.29, 0.717) is 12.1 Å². The molecule has 0 spiro atoms. The van der Waals surface area contributed by atoms with Crippen LogP contribution in [-0.4, -0.2) is 5.91 Å². The molecule has 0 aliphatic rings. The van der Waals surface area contributed by atoms with E-state index < -0.39 is 51.9 Å². The lowest BCUT2D eigenvalue weighted by Gasteiger charge is -2.22. The summed E-state index contributed by atoms with van der Waals surface area (Å²) in [6, 6.07) is 8.88. The van der Waals surface area contributed by atoms with Crippen molar-refractivity contribution in [3.63, 3.8) is 0 Å². The Kier molecular flexibility index (Phi) is 5.80. The van der Waals surface area contributed by atoms with E-state index in [2.05, 4.69) is 5.32 Å². The van der Waals surface area contributed by atoms with Gasteiger partial charge in [-0.05, 0) is 42.8 Å². The van der Waals surface area contributed by atoms with Crippen molar-refractivity contribution in [3.8, 4) is 0 Å². The molecule has 0 aliphatic carbocycles. The maximum atomic E-state index is 14.8. The topological polar surface area (TPSA) is 29.1 Å². The van der Waals surface area contributed by atoms with Gasteiger partial charge in [-0.25, -0.2) is 8.78 Å². The van der Waals surface area contributed by atoms with Gasteiger partial charge in [-0.1, -0.05) is 30.3 Å². The van der Waals surface area contributed by atoms with Crippen molar-refractivity contribution in [1.29, 1.82) is 0 Å². The van der Waals surface area contributed by atoms with Gasteiger partial charge in [0.15, 0.2) is 0 Å². The summed E-state index contributed by atoms with van der Waals surface area (Å²) in [7, 11) is 0. The number of carbonyl (C=O) groups is 1. The summed E-state index contributed by atoms with van der Waals surface area (Å²) in [6.07, 6.45) is -4.98. The van der Waals surface area contributed by atoms with Crippen molar-refractivity contribution in [3.05, 3.63) is 100 Å². The van der Waals surface area contributed by atoms with Gasteiger partial charge in [-0.15, -0.1) is 0 Å². The number of carbonyl (C=O) groups excluding carboxylic acids is 1. The molecule has 0 saturated carbocycles. The number of nitrogens with one attached hydrogen (secondary N) is 1. The second kappa shape index (κ2) is 8.05. The third-order valence-electron chi connectivity index (χ3n) is 4.49. The summed E-state index contributed by atoms with van der Waals surface area (Å²) in [4.78, 5) is 12.2. The second-order valence-electron chi connectivity index (χ2n) is 6.75. The van der Waals surface area contributed by atoms with Crippen LogP contribution in [0.1, 0.15) is 32.6 Å². The third-order valence-corrected chi connectivity index (χ3v) is 4.49. The standard InChI is InChI=1S/C22H14F7NO/c1-12-10-17(23)19(18(24)11-12)20(31)30-14-8-6-13(7-9-14)21(25,26)15-4-2-3-5-16(15)22(27,28)29/h2-11H,1H3,(H,30,31). The maximum Gasteiger partial charge on any atom is 0.416 e. The molecule has 0 atom stereocenters. The van der Waals surface area contributed by atoms with E-state index in [0.717, 1.165) is 48.5 Å². The number of anilines is 1. The summed E-state index contributed by atoms with van der Waals surface area (Å²) in [5.41, 5.74) is -4.11. The van der Waals surface area contributed by atoms with E-state index in [1.165, 1.54) is 6.92 Å². The molecular weight excluding hydrogens is 427 g/mol. The Morgan fingerprint density at radius 3 is 1.84 bits per heavy atom. The number of hydrogen-bond acceptors (Lipinski definition) is 1. The molecule has 0 aromatic heterocycles. The van der Waals surface area contributed by atoms with Crippen molar-refractivity contribution in [2.45, 2.75) is 19.0 Å². The minimum Gasteiger partial charge on any atom is -0.322 e. The first-order valence-corrected chi connectivity index (χ1v) is 8.83. The van der Waals surface area contributed by atoms with Gasteiger partial charge in [0.05, 0.1) is 5.56 Å². The molecule has 3 rings (SSSR count). The van der Waals surface area contributed by atoms with E-state index in [1.807, 2.05) is 0 Å². The predicted octanol–water partition coefficient (Wildman–Crippen LogP) is 6.68. The van der Waals surface area contributed by atoms with E-state index >= 15 is 0 Å². The van der Waals surface area contributed by atoms with Crippen LogP contribution in [0, 0.1) is 18.6 Å². The molecule has 162 valence electrons. The largest absolute Gasteiger partial charge is 0.416 e. The normalized spacial score (nSPS) is 12.0. The summed E-state index contributed by atoms with van der Waals surface area (Å²) >= 11 is 0. The van der Waals surface area contributed by atoms with Crippen LogP contribution in [0.25, 0.3) is 0 Å². The smallest absolute Gasteiger partial charge is 0.322 e. The zero-order chi connectivity index (χ0) is 23.0. The minimum absolute atomic E-state index is 0.0759. The number of hydrogen-bond donors (Lipinski definition) is 1. The molecule has 0 radical (unpaired) electrons. The average molecular weight is 441 g/mol. The molecule has 3 aromatic carbocycles. The molecule has 0 saturated heterocycles. The Balaban J connectivity index is 1.88. The third kappa shape index (κ3) is 4.55. The van der Waals surface area contributed by atoms with Crippen LogP contribution in [0.5, 0.6) is 0 Å². The van der Waals surface area contributed by atoms with E-state index in [-0.39, 0.29) is 11.3 Å². The number of benzene rings is 3. The molecule has 1 N–H and O–H groups in total. The van der Waals surface area contributed by atoms with Crippen molar-refractivity contribution in [2.24, 2.45) is 0 Å². The van der Waals surface area contributed by atoms with E-state index in [4.69, 9.17) is 0 Å². The Bertz CT molecular complexity index is 1100. The number of aryl methyl sites for hydroxylation is 1. The molecular formula is C22H14F7NO. The zero-order valence-electron chi connectivity index (χ0n) is 15.8. The van der Waals surface area contributed by atoms with Crippen LogP contribution in [0.15, 0.2) is 60.7 Å². The fourth-order valence-electron chi connectivity index (χ4n) is 3.03. The highest BCUT2D eigenvalue weighted by Crippen LogP contribution is 2.43. The first-order valence-electron chi connectivity index (χ1n) is 8.83. The highest BCUT2D eigenvalue weighted by molar-refractivity contribution is 6.04. The van der Waals surface area contributed by atoms with E-state index in [9.17, 15) is 35.5 Å². The van der Waals surface area contributed by atoms with Gasteiger partial charge in [0.25, 0.3) is 11.8 Å². The van der Waals surface area contributed by atoms with Crippen molar-refractivity contribution < 1.29 is 35.5 Å². The average Bonchev–Trinajstić information content (AvgIpc) is 2.67. The fraction of sp³-hybridized carbons (Fsp3) is 0.136. The molecule has 3 aromatic rings. The first kappa shape index (κ1) is 22.3. The van der Waals surface area contributed by atoms with Gasteiger partial charge >= 0.3 is 6.18 Å². The Labute approximate surface area is 172 Å². The van der Waals surface area contributed by atoms with Crippen molar-refractivity contribution in [2.75, 3.05) is 5.32 Å². The lowest BCUT2D eigenvalue weighted by molar-refractivity contribution is -0.140. The first-order chi connectivity index (χ1) is 14.4. The van der Waals surface area contributed by atoms with Gasteiger partial charge in [-0.3, -0.25) is 4.79 Å².